The largest absolute Gasteiger partial charge is 0.314 e. The van der Waals surface area contributed by atoms with Crippen molar-refractivity contribution < 1.29 is 8.42 Å². The molecule has 114 valence electrons. The number of nitrogens with one attached hydrogen (secondary N) is 1. The summed E-state index contributed by atoms with van der Waals surface area (Å²) in [5.41, 5.74) is 0. The molecular weight excluding hydrogens is 258 g/mol. The van der Waals surface area contributed by atoms with Crippen LogP contribution in [0.2, 0.25) is 0 Å². The van der Waals surface area contributed by atoms with Gasteiger partial charge < -0.3 is 5.32 Å². The molecule has 0 aromatic carbocycles. The Kier molecular flexibility index (Phi) is 7.37. The van der Waals surface area contributed by atoms with Crippen molar-refractivity contribution in [3.63, 3.8) is 0 Å². The standard InChI is InChI=1S/C15H31NO2S/c1-4-16-15(7-6-12-19(17,18)5-2)14-10-8-13(3)9-11-14/h13-16H,4-12H2,1-3H3. The van der Waals surface area contributed by atoms with Crippen LogP contribution in [0.1, 0.15) is 59.3 Å². The van der Waals surface area contributed by atoms with E-state index >= 15 is 0 Å². The van der Waals surface area contributed by atoms with Gasteiger partial charge in [-0.25, -0.2) is 8.42 Å². The lowest BCUT2D eigenvalue weighted by Crippen LogP contribution is -2.38. The van der Waals surface area contributed by atoms with Crippen molar-refractivity contribution >= 4 is 9.84 Å². The van der Waals surface area contributed by atoms with E-state index in [1.165, 1.54) is 25.7 Å². The van der Waals surface area contributed by atoms with Crippen molar-refractivity contribution in [2.75, 3.05) is 18.1 Å². The second kappa shape index (κ2) is 8.25. The summed E-state index contributed by atoms with van der Waals surface area (Å²) in [6.07, 6.45) is 7.09. The van der Waals surface area contributed by atoms with Crippen molar-refractivity contribution in [3.8, 4) is 0 Å². The van der Waals surface area contributed by atoms with Crippen LogP contribution in [-0.2, 0) is 9.84 Å². The van der Waals surface area contributed by atoms with E-state index in [0.717, 1.165) is 31.2 Å². The Bertz CT molecular complexity index is 332. The zero-order valence-electron chi connectivity index (χ0n) is 12.8. The molecule has 0 heterocycles. The summed E-state index contributed by atoms with van der Waals surface area (Å²) < 4.78 is 23.1. The second-order valence-electron chi connectivity index (χ2n) is 6.06. The summed E-state index contributed by atoms with van der Waals surface area (Å²) >= 11 is 0. The molecule has 1 N–H and O–H groups in total. The Morgan fingerprint density at radius 3 is 2.32 bits per heavy atom. The lowest BCUT2D eigenvalue weighted by molar-refractivity contribution is 0.223. The predicted octanol–water partition coefficient (Wildman–Crippen LogP) is 3.01. The van der Waals surface area contributed by atoms with Crippen LogP contribution in [0.15, 0.2) is 0 Å². The summed E-state index contributed by atoms with van der Waals surface area (Å²) in [4.78, 5) is 0. The quantitative estimate of drug-likeness (QED) is 0.747. The summed E-state index contributed by atoms with van der Waals surface area (Å²) in [7, 11) is -2.80. The fourth-order valence-corrected chi connectivity index (χ4v) is 4.02. The van der Waals surface area contributed by atoms with Crippen molar-refractivity contribution in [1.29, 1.82) is 0 Å². The van der Waals surface area contributed by atoms with Crippen LogP contribution in [0.5, 0.6) is 0 Å². The SMILES string of the molecule is CCNC(CCCS(=O)(=O)CC)C1CCC(C)CC1. The van der Waals surface area contributed by atoms with Gasteiger partial charge in [0.05, 0.1) is 5.75 Å². The third-order valence-electron chi connectivity index (χ3n) is 4.51. The first-order chi connectivity index (χ1) is 8.98. The Morgan fingerprint density at radius 1 is 1.16 bits per heavy atom. The molecular formula is C15H31NO2S. The molecule has 0 amide bonds. The highest BCUT2D eigenvalue weighted by molar-refractivity contribution is 7.91. The van der Waals surface area contributed by atoms with Crippen LogP contribution in [-0.4, -0.2) is 32.5 Å². The maximum Gasteiger partial charge on any atom is 0.150 e. The van der Waals surface area contributed by atoms with Crippen LogP contribution in [0.25, 0.3) is 0 Å². The molecule has 0 aromatic rings. The van der Waals surface area contributed by atoms with E-state index in [0.29, 0.717) is 11.8 Å². The average Bonchev–Trinajstić information content (AvgIpc) is 2.39. The first kappa shape index (κ1) is 17.0. The van der Waals surface area contributed by atoms with Gasteiger partial charge in [-0.15, -0.1) is 0 Å². The molecule has 3 nitrogen and oxygen atoms in total. The van der Waals surface area contributed by atoms with Gasteiger partial charge in [0, 0.05) is 11.8 Å². The summed E-state index contributed by atoms with van der Waals surface area (Å²) in [6.45, 7) is 7.20. The molecule has 0 radical (unpaired) electrons. The number of hydrogen-bond acceptors (Lipinski definition) is 3. The topological polar surface area (TPSA) is 46.2 Å². The second-order valence-corrected chi connectivity index (χ2v) is 8.54. The summed E-state index contributed by atoms with van der Waals surface area (Å²) in [5, 5.41) is 3.58. The first-order valence-electron chi connectivity index (χ1n) is 7.92. The van der Waals surface area contributed by atoms with Crippen molar-refractivity contribution in [3.05, 3.63) is 0 Å². The lowest BCUT2D eigenvalue weighted by atomic mass is 9.78. The molecule has 1 rings (SSSR count). The van der Waals surface area contributed by atoms with Crippen molar-refractivity contribution in [1.82, 2.24) is 5.32 Å². The molecule has 1 aliphatic carbocycles. The Hall–Kier alpha value is -0.0900. The molecule has 1 unspecified atom stereocenters. The molecule has 0 spiro atoms. The van der Waals surface area contributed by atoms with E-state index < -0.39 is 9.84 Å². The van der Waals surface area contributed by atoms with Gasteiger partial charge in [-0.1, -0.05) is 33.6 Å². The van der Waals surface area contributed by atoms with Gasteiger partial charge in [0.1, 0.15) is 9.84 Å². The molecule has 1 fully saturated rings. The van der Waals surface area contributed by atoms with E-state index in [4.69, 9.17) is 0 Å². The van der Waals surface area contributed by atoms with E-state index in [1.54, 1.807) is 6.92 Å². The van der Waals surface area contributed by atoms with Gasteiger partial charge in [0.2, 0.25) is 0 Å². The fourth-order valence-electron chi connectivity index (χ4n) is 3.12. The summed E-state index contributed by atoms with van der Waals surface area (Å²) in [6, 6.07) is 0.518. The maximum absolute atomic E-state index is 11.5. The highest BCUT2D eigenvalue weighted by Crippen LogP contribution is 2.31. The Morgan fingerprint density at radius 2 is 1.79 bits per heavy atom. The minimum Gasteiger partial charge on any atom is -0.314 e. The molecule has 0 aromatic heterocycles. The predicted molar refractivity (Wildman–Crippen MR) is 82.1 cm³/mol. The zero-order valence-corrected chi connectivity index (χ0v) is 13.6. The van der Waals surface area contributed by atoms with Gasteiger partial charge in [-0.2, -0.15) is 0 Å². The molecule has 1 atom stereocenters. The molecule has 4 heteroatoms. The van der Waals surface area contributed by atoms with E-state index in [9.17, 15) is 8.42 Å². The molecule has 19 heavy (non-hydrogen) atoms. The Balaban J connectivity index is 2.40. The Labute approximate surface area is 119 Å². The molecule has 0 saturated heterocycles. The minimum atomic E-state index is -2.80. The van der Waals surface area contributed by atoms with Crippen LogP contribution < -0.4 is 5.32 Å². The summed E-state index contributed by atoms with van der Waals surface area (Å²) in [5.74, 6) is 2.26. The van der Waals surface area contributed by atoms with E-state index in [-0.39, 0.29) is 5.75 Å². The van der Waals surface area contributed by atoms with Crippen LogP contribution in [0, 0.1) is 11.8 Å². The minimum absolute atomic E-state index is 0.278. The van der Waals surface area contributed by atoms with Gasteiger partial charge in [0.25, 0.3) is 0 Å². The molecule has 0 bridgehead atoms. The first-order valence-corrected chi connectivity index (χ1v) is 9.74. The van der Waals surface area contributed by atoms with Gasteiger partial charge in [-0.05, 0) is 44.1 Å². The number of hydrogen-bond donors (Lipinski definition) is 1. The molecule has 1 saturated carbocycles. The number of sulfone groups is 1. The zero-order chi connectivity index (χ0) is 14.3. The third kappa shape index (κ3) is 6.26. The fraction of sp³-hybridized carbons (Fsp3) is 1.00. The van der Waals surface area contributed by atoms with Crippen molar-refractivity contribution in [2.45, 2.75) is 65.3 Å². The van der Waals surface area contributed by atoms with E-state index in [1.807, 2.05) is 0 Å². The third-order valence-corrected chi connectivity index (χ3v) is 6.30. The normalized spacial score (nSPS) is 26.3. The van der Waals surface area contributed by atoms with Gasteiger partial charge in [-0.3, -0.25) is 0 Å². The molecule has 1 aliphatic rings. The number of rotatable bonds is 8. The van der Waals surface area contributed by atoms with Crippen molar-refractivity contribution in [2.24, 2.45) is 11.8 Å². The van der Waals surface area contributed by atoms with E-state index in [2.05, 4.69) is 19.2 Å². The monoisotopic (exact) mass is 289 g/mol. The maximum atomic E-state index is 11.5. The van der Waals surface area contributed by atoms with Crippen LogP contribution in [0.4, 0.5) is 0 Å². The van der Waals surface area contributed by atoms with Gasteiger partial charge in [0.15, 0.2) is 0 Å². The average molecular weight is 289 g/mol. The van der Waals surface area contributed by atoms with Crippen LogP contribution >= 0.6 is 0 Å². The molecule has 0 aliphatic heterocycles. The lowest BCUT2D eigenvalue weighted by Gasteiger charge is -2.33. The smallest absolute Gasteiger partial charge is 0.150 e. The highest BCUT2D eigenvalue weighted by atomic mass is 32.2. The van der Waals surface area contributed by atoms with Crippen LogP contribution in [0.3, 0.4) is 0 Å². The highest BCUT2D eigenvalue weighted by Gasteiger charge is 2.25. The van der Waals surface area contributed by atoms with Gasteiger partial charge >= 0.3 is 0 Å².